The predicted octanol–water partition coefficient (Wildman–Crippen LogP) is 3.64. The average Bonchev–Trinajstić information content (AvgIpc) is 3.81. The molecule has 0 spiro atoms. The molecule has 6 aromatic heterocycles. The van der Waals surface area contributed by atoms with E-state index in [2.05, 4.69) is 74.7 Å². The second-order valence-electron chi connectivity index (χ2n) is 6.96. The number of pyridine rings is 4. The summed E-state index contributed by atoms with van der Waals surface area (Å²) in [4.78, 5) is 25.3. The van der Waals surface area contributed by atoms with Crippen molar-refractivity contribution in [3.8, 4) is 46.1 Å². The third kappa shape index (κ3) is 15.4. The van der Waals surface area contributed by atoms with Gasteiger partial charge in [-0.05, 0) is 54.4 Å². The first-order valence-electron chi connectivity index (χ1n) is 12.0. The molecule has 0 aromatic carbocycles. The van der Waals surface area contributed by atoms with Gasteiger partial charge >= 0.3 is 34.1 Å². The fraction of sp³-hybridized carbons (Fsp3) is 0.0714. The number of hydrogen-bond donors (Lipinski definition) is 2. The summed E-state index contributed by atoms with van der Waals surface area (Å²) in [5, 5.41) is 46.9. The second-order valence-corrected chi connectivity index (χ2v) is 7.33. The van der Waals surface area contributed by atoms with Crippen molar-refractivity contribution in [2.24, 2.45) is 0 Å². The molecule has 0 atom stereocenters. The number of nitrogens with zero attached hydrogens (tertiary/aromatic N) is 12. The van der Waals surface area contributed by atoms with Gasteiger partial charge in [-0.3, -0.25) is 25.0 Å². The Hall–Kier alpha value is -4.56. The topological polar surface area (TPSA) is 216 Å². The maximum absolute atomic E-state index is 7.13. The van der Waals surface area contributed by atoms with Crippen LogP contribution in [0.2, 0.25) is 0 Å². The Bertz CT molecular complexity index is 1420. The maximum Gasteiger partial charge on any atom is 2.00 e. The molecule has 0 amide bonds. The molecule has 0 unspecified atom stereocenters. The summed E-state index contributed by atoms with van der Waals surface area (Å²) in [6.07, 6.45) is 6.80. The van der Waals surface area contributed by atoms with Crippen LogP contribution in [0.25, 0.3) is 56.9 Å². The minimum atomic E-state index is 0. The maximum atomic E-state index is 7.13. The van der Waals surface area contributed by atoms with Crippen LogP contribution in [0.4, 0.5) is 0 Å². The zero-order valence-electron chi connectivity index (χ0n) is 24.0. The second kappa shape index (κ2) is 27.9. The monoisotopic (exact) mass is 736 g/mol. The third-order valence-corrected chi connectivity index (χ3v) is 4.48. The minimum Gasteiger partial charge on any atom is -0.753 e. The van der Waals surface area contributed by atoms with Gasteiger partial charge in [-0.2, -0.15) is 10.3 Å². The molecule has 14 nitrogen and oxygen atoms in total. The third-order valence-electron chi connectivity index (χ3n) is 4.48. The standard InChI is InChI=1S/2C12H8N5.2CNS.2CH4O.2Fe/c2*1-3-7-13-9(5-1)11-15-12(17-16-11)10-6-2-4-8-14-10;2*2-1-3;2*1-2;;/h2*1-8H;;;2*2H,1H3;;/q4*-1;;;2*+2. The Labute approximate surface area is 296 Å². The summed E-state index contributed by atoms with van der Waals surface area (Å²) >= 11 is 7.40. The van der Waals surface area contributed by atoms with Gasteiger partial charge in [0.2, 0.25) is 0 Å². The first-order valence-corrected chi connectivity index (χ1v) is 12.8. The molecular weight excluding hydrogens is 712 g/mol. The van der Waals surface area contributed by atoms with Gasteiger partial charge in [0, 0.05) is 50.7 Å². The molecule has 46 heavy (non-hydrogen) atoms. The molecule has 0 aliphatic rings. The molecule has 0 aliphatic carbocycles. The smallest absolute Gasteiger partial charge is 0.753 e. The van der Waals surface area contributed by atoms with E-state index in [9.17, 15) is 0 Å². The van der Waals surface area contributed by atoms with Crippen LogP contribution in [0.5, 0.6) is 0 Å². The van der Waals surface area contributed by atoms with Gasteiger partial charge in [0.15, 0.2) is 0 Å². The first-order chi connectivity index (χ1) is 21.7. The SMILES string of the molecule is CO.CO.[Fe+2].[Fe+2].[N-]=C=S.[N-]=C=S.c1ccc(-c2n[n-]c(-c3ccccn3)n2)nc1.c1ccc(-c2nnc(-c3ccccn3)[n-]2)nc1. The predicted molar refractivity (Wildman–Crippen MR) is 172 cm³/mol. The largest absolute Gasteiger partial charge is 2.00 e. The van der Waals surface area contributed by atoms with E-state index in [4.69, 9.17) is 21.0 Å². The molecule has 236 valence electrons. The summed E-state index contributed by atoms with van der Waals surface area (Å²) in [6.45, 7) is 0. The molecule has 6 heterocycles. The van der Waals surface area contributed by atoms with Crippen molar-refractivity contribution in [3.05, 3.63) is 108 Å². The Morgan fingerprint density at radius 3 is 1.22 bits per heavy atom. The molecule has 0 saturated heterocycles. The average molecular weight is 736 g/mol. The van der Waals surface area contributed by atoms with Gasteiger partial charge in [-0.15, -0.1) is 0 Å². The Morgan fingerprint density at radius 1 is 0.565 bits per heavy atom. The first kappa shape index (κ1) is 43.6. The number of aliphatic hydroxyl groups excluding tert-OH is 2. The van der Waals surface area contributed by atoms with E-state index in [1.807, 2.05) is 72.8 Å². The molecule has 18 heteroatoms. The van der Waals surface area contributed by atoms with Crippen molar-refractivity contribution in [2.75, 3.05) is 14.2 Å². The van der Waals surface area contributed by atoms with Gasteiger partial charge in [-0.25, -0.2) is 0 Å². The van der Waals surface area contributed by atoms with Crippen molar-refractivity contribution in [1.29, 1.82) is 0 Å². The minimum absolute atomic E-state index is 0. The van der Waals surface area contributed by atoms with Crippen LogP contribution in [0.1, 0.15) is 0 Å². The van der Waals surface area contributed by atoms with Crippen LogP contribution >= 0.6 is 24.4 Å². The molecule has 6 aromatic rings. The Balaban J connectivity index is 0. The molecule has 0 radical (unpaired) electrons. The van der Waals surface area contributed by atoms with Crippen LogP contribution in [0.3, 0.4) is 0 Å². The van der Waals surface area contributed by atoms with Gasteiger partial charge < -0.3 is 46.3 Å². The molecular formula is C28H24Fe2N12O2S2. The molecule has 6 rings (SSSR count). The van der Waals surface area contributed by atoms with Gasteiger partial charge in [0.25, 0.3) is 0 Å². The Kier molecular flexibility index (Phi) is 26.5. The van der Waals surface area contributed by atoms with E-state index in [1.54, 1.807) is 24.8 Å². The fourth-order valence-electron chi connectivity index (χ4n) is 2.89. The van der Waals surface area contributed by atoms with E-state index in [0.717, 1.165) is 14.2 Å². The van der Waals surface area contributed by atoms with Crippen molar-refractivity contribution < 1.29 is 44.4 Å². The summed E-state index contributed by atoms with van der Waals surface area (Å²) in [6, 6.07) is 22.3. The molecule has 0 saturated carbocycles. The zero-order chi connectivity index (χ0) is 32.4. The van der Waals surface area contributed by atoms with Crippen molar-refractivity contribution in [1.82, 2.24) is 50.3 Å². The van der Waals surface area contributed by atoms with Crippen LogP contribution in [0.15, 0.2) is 97.6 Å². The quantitative estimate of drug-likeness (QED) is 0.150. The fourth-order valence-corrected chi connectivity index (χ4v) is 2.89. The zero-order valence-corrected chi connectivity index (χ0v) is 27.9. The van der Waals surface area contributed by atoms with Crippen LogP contribution in [-0.4, -0.2) is 75.0 Å². The van der Waals surface area contributed by atoms with Crippen molar-refractivity contribution >= 4 is 34.8 Å². The molecule has 0 bridgehead atoms. The molecule has 0 aliphatic heterocycles. The number of aromatic nitrogens is 10. The summed E-state index contributed by atoms with van der Waals surface area (Å²) in [7, 11) is 2.00. The molecule has 2 N–H and O–H groups in total. The number of thiocarbonyl (C=S) groups is 2. The molecule has 0 fully saturated rings. The number of hydrogen-bond acceptors (Lipinski definition) is 12. The van der Waals surface area contributed by atoms with E-state index < -0.39 is 0 Å². The van der Waals surface area contributed by atoms with E-state index in [1.165, 1.54) is 10.3 Å². The number of isothiocyanates is 2. The van der Waals surface area contributed by atoms with Crippen LogP contribution < -0.4 is 10.1 Å². The van der Waals surface area contributed by atoms with E-state index in [-0.39, 0.29) is 34.1 Å². The van der Waals surface area contributed by atoms with Crippen LogP contribution in [-0.2, 0) is 34.1 Å². The summed E-state index contributed by atoms with van der Waals surface area (Å²) in [5.41, 5.74) is 2.84. The number of rotatable bonds is 4. The van der Waals surface area contributed by atoms with Crippen molar-refractivity contribution in [2.45, 2.75) is 0 Å². The normalized spacial score (nSPS) is 8.26. The summed E-state index contributed by atoms with van der Waals surface area (Å²) in [5.74, 6) is 2.08. The summed E-state index contributed by atoms with van der Waals surface area (Å²) < 4.78 is 0. The van der Waals surface area contributed by atoms with Gasteiger partial charge in [0.1, 0.15) is 0 Å². The van der Waals surface area contributed by atoms with Crippen LogP contribution in [0, 0.1) is 0 Å². The number of aliphatic hydroxyl groups is 2. The van der Waals surface area contributed by atoms with Gasteiger partial charge in [0.05, 0.1) is 28.6 Å². The van der Waals surface area contributed by atoms with Crippen molar-refractivity contribution in [3.63, 3.8) is 0 Å². The van der Waals surface area contributed by atoms with E-state index in [0.29, 0.717) is 46.1 Å². The van der Waals surface area contributed by atoms with Gasteiger partial charge in [-0.1, -0.05) is 48.7 Å². The van der Waals surface area contributed by atoms with E-state index >= 15 is 0 Å². The Morgan fingerprint density at radius 2 is 0.891 bits per heavy atom.